The van der Waals surface area contributed by atoms with Crippen molar-refractivity contribution in [3.63, 3.8) is 0 Å². The van der Waals surface area contributed by atoms with Crippen molar-refractivity contribution >= 4 is 11.9 Å². The molecule has 0 aliphatic rings. The molecule has 2 N–H and O–H groups in total. The second kappa shape index (κ2) is 8.35. The molecule has 0 bridgehead atoms. The number of carbonyl (C=O) groups is 2. The number of nitrogens with one attached hydrogen (secondary N) is 1. The lowest BCUT2D eigenvalue weighted by molar-refractivity contribution is -0.137. The van der Waals surface area contributed by atoms with Gasteiger partial charge in [-0.3, -0.25) is 9.59 Å². The van der Waals surface area contributed by atoms with E-state index >= 15 is 0 Å². The van der Waals surface area contributed by atoms with E-state index in [9.17, 15) is 9.59 Å². The van der Waals surface area contributed by atoms with Gasteiger partial charge in [-0.2, -0.15) is 0 Å². The predicted molar refractivity (Wildman–Crippen MR) is 78.6 cm³/mol. The standard InChI is InChI=1S/C16H23NO3/c1-12(17-13(2)18)11-15-9-7-14(8-10-15)5-3-4-6-16(19)20/h7-10,12H,3-6,11H2,1-2H3,(H,17,18)(H,19,20). The van der Waals surface area contributed by atoms with Crippen LogP contribution in [0.5, 0.6) is 0 Å². The zero-order chi connectivity index (χ0) is 15.0. The maximum Gasteiger partial charge on any atom is 0.303 e. The van der Waals surface area contributed by atoms with Crippen LogP contribution < -0.4 is 5.32 Å². The predicted octanol–water partition coefficient (Wildman–Crippen LogP) is 2.55. The monoisotopic (exact) mass is 277 g/mol. The molecule has 0 aliphatic carbocycles. The van der Waals surface area contributed by atoms with E-state index in [1.807, 2.05) is 6.92 Å². The summed E-state index contributed by atoms with van der Waals surface area (Å²) in [5.74, 6) is -0.736. The number of benzene rings is 1. The first kappa shape index (κ1) is 16.2. The van der Waals surface area contributed by atoms with Gasteiger partial charge in [-0.25, -0.2) is 0 Å². The van der Waals surface area contributed by atoms with E-state index in [4.69, 9.17) is 5.11 Å². The summed E-state index contributed by atoms with van der Waals surface area (Å²) in [7, 11) is 0. The van der Waals surface area contributed by atoms with Crippen molar-refractivity contribution in [2.24, 2.45) is 0 Å². The first-order valence-corrected chi connectivity index (χ1v) is 7.04. The molecule has 0 aliphatic heterocycles. The van der Waals surface area contributed by atoms with E-state index in [2.05, 4.69) is 29.6 Å². The first-order chi connectivity index (χ1) is 9.47. The van der Waals surface area contributed by atoms with E-state index < -0.39 is 5.97 Å². The minimum atomic E-state index is -0.729. The highest BCUT2D eigenvalue weighted by Crippen LogP contribution is 2.10. The van der Waals surface area contributed by atoms with Gasteiger partial charge < -0.3 is 10.4 Å². The topological polar surface area (TPSA) is 66.4 Å². The average molecular weight is 277 g/mol. The van der Waals surface area contributed by atoms with Gasteiger partial charge in [-0.05, 0) is 43.7 Å². The number of hydrogen-bond acceptors (Lipinski definition) is 2. The van der Waals surface area contributed by atoms with Gasteiger partial charge >= 0.3 is 5.97 Å². The number of rotatable bonds is 8. The van der Waals surface area contributed by atoms with Gasteiger partial charge in [0, 0.05) is 19.4 Å². The van der Waals surface area contributed by atoms with Gasteiger partial charge in [0.05, 0.1) is 0 Å². The minimum absolute atomic E-state index is 0.00690. The van der Waals surface area contributed by atoms with Crippen LogP contribution in [0.1, 0.15) is 44.2 Å². The molecule has 0 saturated carbocycles. The number of hydrogen-bond donors (Lipinski definition) is 2. The number of amides is 1. The third-order valence-electron chi connectivity index (χ3n) is 3.12. The van der Waals surface area contributed by atoms with E-state index in [1.54, 1.807) is 0 Å². The second-order valence-corrected chi connectivity index (χ2v) is 5.22. The van der Waals surface area contributed by atoms with Crippen molar-refractivity contribution in [1.82, 2.24) is 5.32 Å². The molecule has 20 heavy (non-hydrogen) atoms. The fourth-order valence-corrected chi connectivity index (χ4v) is 2.20. The normalized spacial score (nSPS) is 11.9. The number of aliphatic carboxylic acids is 1. The maximum atomic E-state index is 10.9. The fourth-order valence-electron chi connectivity index (χ4n) is 2.20. The van der Waals surface area contributed by atoms with Crippen LogP contribution in [0.3, 0.4) is 0 Å². The van der Waals surface area contributed by atoms with E-state index in [-0.39, 0.29) is 18.4 Å². The SMILES string of the molecule is CC(=O)NC(C)Cc1ccc(CCCCC(=O)O)cc1. The lowest BCUT2D eigenvalue weighted by atomic mass is 10.0. The molecule has 1 amide bonds. The number of unbranched alkanes of at least 4 members (excludes halogenated alkanes) is 1. The second-order valence-electron chi connectivity index (χ2n) is 5.22. The molecule has 110 valence electrons. The summed E-state index contributed by atoms with van der Waals surface area (Å²) in [5.41, 5.74) is 2.42. The highest BCUT2D eigenvalue weighted by molar-refractivity contribution is 5.73. The van der Waals surface area contributed by atoms with Crippen LogP contribution in [-0.4, -0.2) is 23.0 Å². The Morgan fingerprint density at radius 1 is 1.15 bits per heavy atom. The molecule has 0 spiro atoms. The van der Waals surface area contributed by atoms with Crippen molar-refractivity contribution in [1.29, 1.82) is 0 Å². The number of carboxylic acid groups (broad SMARTS) is 1. The Kier molecular flexibility index (Phi) is 6.77. The van der Waals surface area contributed by atoms with Crippen LogP contribution >= 0.6 is 0 Å². The van der Waals surface area contributed by atoms with Gasteiger partial charge in [0.1, 0.15) is 0 Å². The lowest BCUT2D eigenvalue weighted by Gasteiger charge is -2.12. The zero-order valence-corrected chi connectivity index (χ0v) is 12.2. The Balaban J connectivity index is 2.36. The molecule has 0 fully saturated rings. The zero-order valence-electron chi connectivity index (χ0n) is 12.2. The number of aryl methyl sites for hydroxylation is 1. The first-order valence-electron chi connectivity index (χ1n) is 7.04. The molecule has 4 nitrogen and oxygen atoms in total. The summed E-state index contributed by atoms with van der Waals surface area (Å²) < 4.78 is 0. The molecule has 1 unspecified atom stereocenters. The van der Waals surface area contributed by atoms with Crippen molar-refractivity contribution in [2.75, 3.05) is 0 Å². The van der Waals surface area contributed by atoms with Crippen molar-refractivity contribution in [3.8, 4) is 0 Å². The Labute approximate surface area is 120 Å². The molecule has 0 radical (unpaired) electrons. The van der Waals surface area contributed by atoms with Crippen LogP contribution in [-0.2, 0) is 22.4 Å². The van der Waals surface area contributed by atoms with Crippen LogP contribution in [0, 0.1) is 0 Å². The maximum absolute atomic E-state index is 10.9. The Morgan fingerprint density at radius 2 is 1.75 bits per heavy atom. The number of carbonyl (C=O) groups excluding carboxylic acids is 1. The summed E-state index contributed by atoms with van der Waals surface area (Å²) in [6.07, 6.45) is 3.59. The largest absolute Gasteiger partial charge is 0.481 e. The van der Waals surface area contributed by atoms with Gasteiger partial charge in [-0.15, -0.1) is 0 Å². The fraction of sp³-hybridized carbons (Fsp3) is 0.500. The summed E-state index contributed by atoms with van der Waals surface area (Å²) >= 11 is 0. The average Bonchev–Trinajstić information content (AvgIpc) is 2.35. The summed E-state index contributed by atoms with van der Waals surface area (Å²) in [6, 6.07) is 8.44. The summed E-state index contributed by atoms with van der Waals surface area (Å²) in [6.45, 7) is 3.51. The number of carboxylic acids is 1. The highest BCUT2D eigenvalue weighted by atomic mass is 16.4. The Bertz CT molecular complexity index is 440. The molecule has 1 atom stereocenters. The molecule has 1 aromatic carbocycles. The molecular weight excluding hydrogens is 254 g/mol. The van der Waals surface area contributed by atoms with E-state index in [0.717, 1.165) is 25.7 Å². The Hall–Kier alpha value is -1.84. The summed E-state index contributed by atoms with van der Waals surface area (Å²) in [5, 5.41) is 11.4. The van der Waals surface area contributed by atoms with Crippen LogP contribution in [0.2, 0.25) is 0 Å². The van der Waals surface area contributed by atoms with Gasteiger partial charge in [-0.1, -0.05) is 24.3 Å². The molecule has 0 heterocycles. The molecule has 1 aromatic rings. The van der Waals surface area contributed by atoms with Gasteiger partial charge in [0.15, 0.2) is 0 Å². The third kappa shape index (κ3) is 6.92. The molecule has 1 rings (SSSR count). The van der Waals surface area contributed by atoms with Crippen LogP contribution in [0.25, 0.3) is 0 Å². The van der Waals surface area contributed by atoms with Gasteiger partial charge in [0.25, 0.3) is 0 Å². The van der Waals surface area contributed by atoms with E-state index in [0.29, 0.717) is 0 Å². The smallest absolute Gasteiger partial charge is 0.303 e. The van der Waals surface area contributed by atoms with Crippen molar-refractivity contribution in [3.05, 3.63) is 35.4 Å². The molecular formula is C16H23NO3. The third-order valence-corrected chi connectivity index (χ3v) is 3.12. The highest BCUT2D eigenvalue weighted by Gasteiger charge is 2.05. The minimum Gasteiger partial charge on any atom is -0.481 e. The quantitative estimate of drug-likeness (QED) is 0.718. The van der Waals surface area contributed by atoms with Crippen molar-refractivity contribution in [2.45, 2.75) is 52.0 Å². The van der Waals surface area contributed by atoms with Crippen LogP contribution in [0.15, 0.2) is 24.3 Å². The summed E-state index contributed by atoms with van der Waals surface area (Å²) in [4.78, 5) is 21.3. The molecule has 0 saturated heterocycles. The molecule has 0 aromatic heterocycles. The van der Waals surface area contributed by atoms with Crippen molar-refractivity contribution < 1.29 is 14.7 Å². The Morgan fingerprint density at radius 3 is 2.30 bits per heavy atom. The lowest BCUT2D eigenvalue weighted by Crippen LogP contribution is -2.31. The van der Waals surface area contributed by atoms with E-state index in [1.165, 1.54) is 18.1 Å². The van der Waals surface area contributed by atoms with Gasteiger partial charge in [0.2, 0.25) is 5.91 Å². The molecule has 4 heteroatoms. The van der Waals surface area contributed by atoms with Crippen LogP contribution in [0.4, 0.5) is 0 Å².